The average Bonchev–Trinajstić information content (AvgIpc) is 2.94. The van der Waals surface area contributed by atoms with Crippen molar-refractivity contribution in [1.82, 2.24) is 14.8 Å². The van der Waals surface area contributed by atoms with E-state index in [4.69, 9.17) is 9.47 Å². The molecule has 1 aromatic heterocycles. The van der Waals surface area contributed by atoms with Gasteiger partial charge < -0.3 is 9.47 Å². The molecule has 3 fully saturated rings. The minimum Gasteiger partial charge on any atom is -0.381 e. The molecule has 5 nitrogen and oxygen atoms in total. The summed E-state index contributed by atoms with van der Waals surface area (Å²) in [6.07, 6.45) is 7.47. The summed E-state index contributed by atoms with van der Waals surface area (Å²) >= 11 is 0. The van der Waals surface area contributed by atoms with Gasteiger partial charge in [-0.15, -0.1) is 0 Å². The predicted molar refractivity (Wildman–Crippen MR) is 92.8 cm³/mol. The second-order valence-corrected chi connectivity index (χ2v) is 7.69. The Labute approximate surface area is 144 Å². The number of pyridine rings is 1. The molecule has 0 aliphatic carbocycles. The molecule has 1 unspecified atom stereocenters. The molecule has 1 spiro atoms. The molecule has 0 radical (unpaired) electrons. The molecule has 3 aliphatic rings. The lowest BCUT2D eigenvalue weighted by Gasteiger charge is -2.35. The van der Waals surface area contributed by atoms with Gasteiger partial charge in [0.2, 0.25) is 0 Å². The Kier molecular flexibility index (Phi) is 5.13. The molecule has 0 N–H and O–H groups in total. The first-order valence-electron chi connectivity index (χ1n) is 9.34. The molecule has 0 bridgehead atoms. The Hall–Kier alpha value is -1.01. The van der Waals surface area contributed by atoms with Gasteiger partial charge in [0.15, 0.2) is 0 Å². The Morgan fingerprint density at radius 3 is 2.88 bits per heavy atom. The Morgan fingerprint density at radius 2 is 2.04 bits per heavy atom. The molecule has 24 heavy (non-hydrogen) atoms. The van der Waals surface area contributed by atoms with E-state index in [0.29, 0.717) is 11.5 Å². The number of aromatic nitrogens is 1. The molecule has 132 valence electrons. The van der Waals surface area contributed by atoms with Crippen molar-refractivity contribution in [3.8, 4) is 0 Å². The van der Waals surface area contributed by atoms with Crippen LogP contribution in [0.25, 0.3) is 0 Å². The van der Waals surface area contributed by atoms with Crippen LogP contribution in [0, 0.1) is 5.41 Å². The molecule has 4 rings (SSSR count). The van der Waals surface area contributed by atoms with Gasteiger partial charge in [-0.3, -0.25) is 14.8 Å². The molecule has 0 aromatic carbocycles. The van der Waals surface area contributed by atoms with Crippen molar-refractivity contribution in [3.63, 3.8) is 0 Å². The number of rotatable bonds is 3. The zero-order valence-corrected chi connectivity index (χ0v) is 14.5. The smallest absolute Gasteiger partial charge is 0.0593 e. The number of hydrogen-bond donors (Lipinski definition) is 0. The number of likely N-dealkylation sites (tertiary alicyclic amines) is 1. The highest BCUT2D eigenvalue weighted by atomic mass is 16.5. The van der Waals surface area contributed by atoms with Crippen molar-refractivity contribution >= 4 is 0 Å². The summed E-state index contributed by atoms with van der Waals surface area (Å²) in [6.45, 7) is 9.16. The van der Waals surface area contributed by atoms with Gasteiger partial charge in [-0.25, -0.2) is 0 Å². The van der Waals surface area contributed by atoms with Crippen molar-refractivity contribution in [3.05, 3.63) is 30.1 Å². The van der Waals surface area contributed by atoms with Crippen LogP contribution in [-0.4, -0.2) is 73.4 Å². The number of nitrogens with zero attached hydrogens (tertiary/aromatic N) is 3. The first kappa shape index (κ1) is 16.5. The highest BCUT2D eigenvalue weighted by Gasteiger charge is 2.43. The third-order valence-electron chi connectivity index (χ3n) is 5.82. The van der Waals surface area contributed by atoms with E-state index in [1.807, 2.05) is 18.5 Å². The summed E-state index contributed by atoms with van der Waals surface area (Å²) in [7, 11) is 0. The van der Waals surface area contributed by atoms with Gasteiger partial charge in [-0.2, -0.15) is 0 Å². The fraction of sp³-hybridized carbons (Fsp3) is 0.737. The molecule has 0 amide bonds. The lowest BCUT2D eigenvalue weighted by molar-refractivity contribution is 0.0284. The fourth-order valence-corrected chi connectivity index (χ4v) is 4.54. The van der Waals surface area contributed by atoms with Crippen molar-refractivity contribution in [1.29, 1.82) is 0 Å². The maximum Gasteiger partial charge on any atom is 0.0593 e. The van der Waals surface area contributed by atoms with Gasteiger partial charge in [0.05, 0.1) is 13.2 Å². The van der Waals surface area contributed by atoms with Crippen molar-refractivity contribution in [2.75, 3.05) is 52.6 Å². The average molecular weight is 331 g/mol. The normalized spacial score (nSPS) is 30.7. The van der Waals surface area contributed by atoms with Crippen molar-refractivity contribution in [2.24, 2.45) is 5.41 Å². The Balaban J connectivity index is 1.40. The van der Waals surface area contributed by atoms with E-state index in [-0.39, 0.29) is 0 Å². The highest BCUT2D eigenvalue weighted by molar-refractivity contribution is 5.08. The van der Waals surface area contributed by atoms with Crippen LogP contribution in [-0.2, 0) is 16.0 Å². The minimum absolute atomic E-state index is 0.303. The van der Waals surface area contributed by atoms with Crippen LogP contribution in [0.5, 0.6) is 0 Å². The standard InChI is InChI=1S/C19H29N3O2/c1-2-17(12-20-6-1)13-21-8-11-24-16-19(14-21)5-7-22(15-19)18-3-9-23-10-4-18/h1-2,6,12,18H,3-5,7-11,13-16H2. The molecule has 3 saturated heterocycles. The first-order valence-corrected chi connectivity index (χ1v) is 9.34. The van der Waals surface area contributed by atoms with Crippen molar-refractivity contribution in [2.45, 2.75) is 31.8 Å². The second-order valence-electron chi connectivity index (χ2n) is 7.69. The molecule has 3 aliphatic heterocycles. The van der Waals surface area contributed by atoms with E-state index in [0.717, 1.165) is 46.1 Å². The van der Waals surface area contributed by atoms with Gasteiger partial charge in [0.25, 0.3) is 0 Å². The minimum atomic E-state index is 0.303. The first-order chi connectivity index (χ1) is 11.8. The second kappa shape index (κ2) is 7.48. The maximum absolute atomic E-state index is 6.03. The number of hydrogen-bond acceptors (Lipinski definition) is 5. The van der Waals surface area contributed by atoms with Gasteiger partial charge >= 0.3 is 0 Å². The molecule has 4 heterocycles. The van der Waals surface area contributed by atoms with E-state index in [1.54, 1.807) is 0 Å². The zero-order chi connectivity index (χ0) is 16.2. The predicted octanol–water partition coefficient (Wildman–Crippen LogP) is 1.78. The van der Waals surface area contributed by atoms with E-state index in [9.17, 15) is 0 Å². The van der Waals surface area contributed by atoms with Crippen LogP contribution >= 0.6 is 0 Å². The molecule has 1 atom stereocenters. The monoisotopic (exact) mass is 331 g/mol. The van der Waals surface area contributed by atoms with Gasteiger partial charge in [-0.05, 0) is 37.4 Å². The molecular formula is C19H29N3O2. The van der Waals surface area contributed by atoms with Gasteiger partial charge in [0.1, 0.15) is 0 Å². The van der Waals surface area contributed by atoms with E-state index < -0.39 is 0 Å². The number of ether oxygens (including phenoxy) is 2. The zero-order valence-electron chi connectivity index (χ0n) is 14.5. The molecule has 0 saturated carbocycles. The molecule has 5 heteroatoms. The maximum atomic E-state index is 6.03. The topological polar surface area (TPSA) is 37.8 Å². The summed E-state index contributed by atoms with van der Waals surface area (Å²) in [5.41, 5.74) is 1.60. The quantitative estimate of drug-likeness (QED) is 0.844. The van der Waals surface area contributed by atoms with Crippen LogP contribution in [0.1, 0.15) is 24.8 Å². The van der Waals surface area contributed by atoms with E-state index >= 15 is 0 Å². The molecule has 1 aromatic rings. The van der Waals surface area contributed by atoms with Crippen LogP contribution < -0.4 is 0 Å². The van der Waals surface area contributed by atoms with Crippen LogP contribution in [0.2, 0.25) is 0 Å². The SMILES string of the molecule is c1cncc(CN2CCOCC3(CCN(C4CCOCC4)C3)C2)c1. The fourth-order valence-electron chi connectivity index (χ4n) is 4.54. The molecular weight excluding hydrogens is 302 g/mol. The summed E-state index contributed by atoms with van der Waals surface area (Å²) < 4.78 is 11.6. The summed E-state index contributed by atoms with van der Waals surface area (Å²) in [6, 6.07) is 4.92. The van der Waals surface area contributed by atoms with Crippen LogP contribution in [0.3, 0.4) is 0 Å². The van der Waals surface area contributed by atoms with Gasteiger partial charge in [-0.1, -0.05) is 6.07 Å². The lowest BCUT2D eigenvalue weighted by atomic mass is 9.87. The van der Waals surface area contributed by atoms with Crippen LogP contribution in [0.15, 0.2) is 24.5 Å². The van der Waals surface area contributed by atoms with E-state index in [1.165, 1.54) is 37.9 Å². The highest BCUT2D eigenvalue weighted by Crippen LogP contribution is 2.36. The van der Waals surface area contributed by atoms with Gasteiger partial charge in [0, 0.05) is 63.2 Å². The summed E-state index contributed by atoms with van der Waals surface area (Å²) in [5.74, 6) is 0. The van der Waals surface area contributed by atoms with E-state index in [2.05, 4.69) is 20.9 Å². The van der Waals surface area contributed by atoms with Crippen LogP contribution in [0.4, 0.5) is 0 Å². The third kappa shape index (κ3) is 3.80. The summed E-state index contributed by atoms with van der Waals surface area (Å²) in [5, 5.41) is 0. The summed E-state index contributed by atoms with van der Waals surface area (Å²) in [4.78, 5) is 9.53. The Morgan fingerprint density at radius 1 is 1.12 bits per heavy atom. The van der Waals surface area contributed by atoms with Crippen molar-refractivity contribution < 1.29 is 9.47 Å². The largest absolute Gasteiger partial charge is 0.381 e. The third-order valence-corrected chi connectivity index (χ3v) is 5.82. The Bertz CT molecular complexity index is 521. The lowest BCUT2D eigenvalue weighted by Crippen LogP contribution is -2.43.